The van der Waals surface area contributed by atoms with E-state index in [2.05, 4.69) is 11.4 Å². The van der Waals surface area contributed by atoms with Crippen molar-refractivity contribution >= 4 is 23.6 Å². The molecule has 1 aliphatic heterocycles. The number of rotatable bonds is 7. The quantitative estimate of drug-likeness (QED) is 0.566. The number of imide groups is 1. The fraction of sp³-hybridized carbons (Fsp3) is 0.217. The predicted molar refractivity (Wildman–Crippen MR) is 112 cm³/mol. The monoisotopic (exact) mass is 423 g/mol. The Balaban J connectivity index is 1.40. The molecule has 0 bridgehead atoms. The van der Waals surface area contributed by atoms with E-state index in [0.29, 0.717) is 12.4 Å². The van der Waals surface area contributed by atoms with Crippen molar-refractivity contribution in [3.63, 3.8) is 0 Å². The number of carbonyl (C=O) groups is 2. The minimum Gasteiger partial charge on any atom is -0.497 e. The van der Waals surface area contributed by atoms with Crippen molar-refractivity contribution in [2.75, 3.05) is 7.11 Å². The van der Waals surface area contributed by atoms with Gasteiger partial charge in [0.25, 0.3) is 0 Å². The number of furan rings is 1. The van der Waals surface area contributed by atoms with Crippen LogP contribution in [0.25, 0.3) is 0 Å². The number of ether oxygens (including phenoxy) is 2. The zero-order chi connectivity index (χ0) is 21.1. The average molecular weight is 423 g/mol. The van der Waals surface area contributed by atoms with Crippen LogP contribution < -0.4 is 14.8 Å². The number of benzene rings is 2. The Morgan fingerprint density at radius 1 is 1.10 bits per heavy atom. The summed E-state index contributed by atoms with van der Waals surface area (Å²) >= 11 is 1.48. The van der Waals surface area contributed by atoms with E-state index in [9.17, 15) is 9.59 Å². The first-order valence-electron chi connectivity index (χ1n) is 9.48. The van der Waals surface area contributed by atoms with Crippen molar-refractivity contribution in [2.45, 2.75) is 35.7 Å². The number of amides is 2. The lowest BCUT2D eigenvalue weighted by Crippen LogP contribution is -2.21. The molecule has 1 atom stereocenters. The van der Waals surface area contributed by atoms with Gasteiger partial charge in [0, 0.05) is 11.3 Å². The molecule has 2 aromatic carbocycles. The smallest absolute Gasteiger partial charge is 0.237 e. The van der Waals surface area contributed by atoms with Crippen LogP contribution in [0.2, 0.25) is 0 Å². The van der Waals surface area contributed by atoms with Crippen LogP contribution in [0.15, 0.2) is 69.0 Å². The number of hydrogen-bond donors (Lipinski definition) is 1. The molecule has 0 spiro atoms. The fourth-order valence-corrected chi connectivity index (χ4v) is 4.28. The second kappa shape index (κ2) is 8.67. The Hall–Kier alpha value is -3.19. The lowest BCUT2D eigenvalue weighted by atomic mass is 10.1. The molecule has 30 heavy (non-hydrogen) atoms. The largest absolute Gasteiger partial charge is 0.497 e. The van der Waals surface area contributed by atoms with E-state index >= 15 is 0 Å². The Kier molecular flexibility index (Phi) is 5.81. The fourth-order valence-electron chi connectivity index (χ4n) is 3.34. The predicted octanol–water partition coefficient (Wildman–Crippen LogP) is 4.46. The number of hydrogen-bond acceptors (Lipinski definition) is 6. The first-order valence-corrected chi connectivity index (χ1v) is 10.3. The molecule has 1 fully saturated rings. The van der Waals surface area contributed by atoms with E-state index in [1.165, 1.54) is 11.8 Å². The third-order valence-corrected chi connectivity index (χ3v) is 5.81. The van der Waals surface area contributed by atoms with Crippen molar-refractivity contribution in [3.8, 4) is 11.5 Å². The highest BCUT2D eigenvalue weighted by Gasteiger charge is 2.35. The van der Waals surface area contributed by atoms with Gasteiger partial charge in [-0.2, -0.15) is 0 Å². The Bertz CT molecular complexity index is 1070. The molecule has 6 nitrogen and oxygen atoms in total. The zero-order valence-corrected chi connectivity index (χ0v) is 17.5. The van der Waals surface area contributed by atoms with Crippen molar-refractivity contribution in [3.05, 3.63) is 71.7 Å². The third-order valence-electron chi connectivity index (χ3n) is 4.75. The lowest BCUT2D eigenvalue weighted by Gasteiger charge is -2.10. The molecule has 0 saturated carbocycles. The second-order valence-corrected chi connectivity index (χ2v) is 8.15. The zero-order valence-electron chi connectivity index (χ0n) is 16.6. The summed E-state index contributed by atoms with van der Waals surface area (Å²) in [5.41, 5.74) is 2.16. The molecule has 2 heterocycles. The Labute approximate surface area is 178 Å². The molecular weight excluding hydrogens is 402 g/mol. The molecule has 1 unspecified atom stereocenters. The number of methoxy groups -OCH3 is 1. The molecule has 0 aliphatic carbocycles. The van der Waals surface area contributed by atoms with Gasteiger partial charge in [0.2, 0.25) is 11.8 Å². The van der Waals surface area contributed by atoms with Gasteiger partial charge in [-0.05, 0) is 60.5 Å². The molecule has 7 heteroatoms. The summed E-state index contributed by atoms with van der Waals surface area (Å²) in [7, 11) is 1.65. The van der Waals surface area contributed by atoms with Gasteiger partial charge in [0.1, 0.15) is 29.8 Å². The Morgan fingerprint density at radius 2 is 1.90 bits per heavy atom. The minimum absolute atomic E-state index is 0.121. The van der Waals surface area contributed by atoms with E-state index < -0.39 is 5.92 Å². The summed E-state index contributed by atoms with van der Waals surface area (Å²) in [5.74, 6) is 0.946. The molecule has 4 rings (SSSR count). The van der Waals surface area contributed by atoms with E-state index in [-0.39, 0.29) is 18.2 Å². The summed E-state index contributed by atoms with van der Waals surface area (Å²) in [5, 5.41) is 2.32. The van der Waals surface area contributed by atoms with Gasteiger partial charge < -0.3 is 13.9 Å². The van der Waals surface area contributed by atoms with Crippen molar-refractivity contribution < 1.29 is 23.5 Å². The van der Waals surface area contributed by atoms with E-state index in [0.717, 1.165) is 32.4 Å². The number of aryl methyl sites for hydroxylation is 1. The highest BCUT2D eigenvalue weighted by Crippen LogP contribution is 2.38. The molecule has 2 amide bonds. The second-order valence-electron chi connectivity index (χ2n) is 7.04. The highest BCUT2D eigenvalue weighted by molar-refractivity contribution is 7.99. The molecule has 3 aromatic rings. The maximum Gasteiger partial charge on any atom is 0.237 e. The van der Waals surface area contributed by atoms with E-state index in [1.807, 2.05) is 49.4 Å². The molecule has 1 N–H and O–H groups in total. The standard InChI is InChI=1S/C23H21NO5S/c1-14-9-15(11-17(10-14)27-2)13-29-16-3-5-18(6-4-16)30-20-7-8-28-22(20)19-12-21(25)24-23(19)26/h3-11,19H,12-13H2,1-2H3,(H,24,25,26). The average Bonchev–Trinajstić information content (AvgIpc) is 3.32. The van der Waals surface area contributed by atoms with E-state index in [1.54, 1.807) is 13.4 Å². The van der Waals surface area contributed by atoms with Crippen LogP contribution >= 0.6 is 11.8 Å². The Morgan fingerprint density at radius 3 is 2.60 bits per heavy atom. The molecule has 0 radical (unpaired) electrons. The number of nitrogens with one attached hydrogen (secondary N) is 1. The normalized spacial score (nSPS) is 15.9. The van der Waals surface area contributed by atoms with E-state index in [4.69, 9.17) is 13.9 Å². The summed E-state index contributed by atoms with van der Waals surface area (Å²) in [6.45, 7) is 2.47. The van der Waals surface area contributed by atoms with Crippen molar-refractivity contribution in [2.24, 2.45) is 0 Å². The van der Waals surface area contributed by atoms with Crippen LogP contribution in [0.3, 0.4) is 0 Å². The SMILES string of the molecule is COc1cc(C)cc(COc2ccc(Sc3ccoc3C3CC(=O)NC3=O)cc2)c1. The lowest BCUT2D eigenvalue weighted by molar-refractivity contribution is -0.125. The van der Waals surface area contributed by atoms with Gasteiger partial charge in [-0.25, -0.2) is 0 Å². The van der Waals surface area contributed by atoms with Gasteiger partial charge in [-0.1, -0.05) is 17.8 Å². The van der Waals surface area contributed by atoms with Crippen molar-refractivity contribution in [1.82, 2.24) is 5.32 Å². The van der Waals surface area contributed by atoms with Crippen LogP contribution in [0.4, 0.5) is 0 Å². The molecular formula is C23H21NO5S. The highest BCUT2D eigenvalue weighted by atomic mass is 32.2. The number of carbonyl (C=O) groups excluding carboxylic acids is 2. The molecule has 1 aliphatic rings. The van der Waals surface area contributed by atoms with Crippen molar-refractivity contribution in [1.29, 1.82) is 0 Å². The topological polar surface area (TPSA) is 77.8 Å². The van der Waals surface area contributed by atoms with Crippen LogP contribution in [-0.2, 0) is 16.2 Å². The van der Waals surface area contributed by atoms with Gasteiger partial charge in [0.15, 0.2) is 0 Å². The van der Waals surface area contributed by atoms with Gasteiger partial charge in [-0.3, -0.25) is 14.9 Å². The van der Waals surface area contributed by atoms with Crippen LogP contribution in [0, 0.1) is 6.92 Å². The van der Waals surface area contributed by atoms with Gasteiger partial charge in [-0.15, -0.1) is 0 Å². The molecule has 1 saturated heterocycles. The van der Waals surface area contributed by atoms with Gasteiger partial charge in [0.05, 0.1) is 18.3 Å². The molecule has 1 aromatic heterocycles. The summed E-state index contributed by atoms with van der Waals surface area (Å²) < 4.78 is 16.7. The first-order chi connectivity index (χ1) is 14.5. The summed E-state index contributed by atoms with van der Waals surface area (Å²) in [4.78, 5) is 25.2. The maximum absolute atomic E-state index is 12.0. The minimum atomic E-state index is -0.566. The molecule has 154 valence electrons. The first kappa shape index (κ1) is 20.1. The third kappa shape index (κ3) is 4.52. The summed E-state index contributed by atoms with van der Waals surface area (Å²) in [6.07, 6.45) is 1.66. The van der Waals surface area contributed by atoms with Crippen LogP contribution in [-0.4, -0.2) is 18.9 Å². The summed E-state index contributed by atoms with van der Waals surface area (Å²) in [6, 6.07) is 15.5. The van der Waals surface area contributed by atoms with Gasteiger partial charge >= 0.3 is 0 Å². The van der Waals surface area contributed by atoms with Crippen LogP contribution in [0.5, 0.6) is 11.5 Å². The van der Waals surface area contributed by atoms with Crippen LogP contribution in [0.1, 0.15) is 29.2 Å². The maximum atomic E-state index is 12.0.